The standard InChI is InChI=1S/C23H16N4O2S2/c28-22(15-9-11-30-13-15)24-16-5-3-14(4-6-16)21-26-18-8-7-17(12-19(18)27-21)25-23(29)20-2-1-10-31-20/h1-13H,(H,24,28)(H,25,29)(H,26,27). The van der Waals surface area contributed by atoms with Crippen LogP contribution >= 0.6 is 22.7 Å². The van der Waals surface area contributed by atoms with Crippen LogP contribution in [0.4, 0.5) is 11.4 Å². The first-order chi connectivity index (χ1) is 15.2. The number of benzene rings is 2. The maximum Gasteiger partial charge on any atom is 0.265 e. The molecule has 0 aliphatic rings. The molecule has 0 fully saturated rings. The van der Waals surface area contributed by atoms with E-state index in [9.17, 15) is 9.59 Å². The second kappa shape index (κ2) is 8.17. The Morgan fingerprint density at radius 3 is 2.42 bits per heavy atom. The summed E-state index contributed by atoms with van der Waals surface area (Å²) in [4.78, 5) is 33.0. The number of nitrogens with one attached hydrogen (secondary N) is 3. The zero-order valence-corrected chi connectivity index (χ0v) is 17.7. The van der Waals surface area contributed by atoms with Crippen LogP contribution in [0.1, 0.15) is 20.0 Å². The average molecular weight is 445 g/mol. The van der Waals surface area contributed by atoms with E-state index in [1.54, 1.807) is 12.1 Å². The van der Waals surface area contributed by atoms with Crippen molar-refractivity contribution in [1.82, 2.24) is 9.97 Å². The van der Waals surface area contributed by atoms with Gasteiger partial charge in [-0.1, -0.05) is 6.07 Å². The van der Waals surface area contributed by atoms with Crippen molar-refractivity contribution in [2.24, 2.45) is 0 Å². The number of thiophene rings is 2. The Morgan fingerprint density at radius 2 is 1.68 bits per heavy atom. The number of carbonyl (C=O) groups excluding carboxylic acids is 2. The van der Waals surface area contributed by atoms with Gasteiger partial charge < -0.3 is 15.6 Å². The summed E-state index contributed by atoms with van der Waals surface area (Å²) in [7, 11) is 0. The predicted molar refractivity (Wildman–Crippen MR) is 126 cm³/mol. The third-order valence-electron chi connectivity index (χ3n) is 4.68. The fourth-order valence-electron chi connectivity index (χ4n) is 3.13. The molecule has 0 aliphatic heterocycles. The van der Waals surface area contributed by atoms with Gasteiger partial charge in [0.15, 0.2) is 0 Å². The molecule has 5 rings (SSSR count). The normalized spacial score (nSPS) is 10.8. The minimum Gasteiger partial charge on any atom is -0.338 e. The molecule has 0 spiro atoms. The van der Waals surface area contributed by atoms with Gasteiger partial charge in [0.2, 0.25) is 0 Å². The Labute approximate surface area is 185 Å². The van der Waals surface area contributed by atoms with E-state index in [1.165, 1.54) is 22.7 Å². The van der Waals surface area contributed by atoms with Crippen molar-refractivity contribution in [1.29, 1.82) is 0 Å². The molecular formula is C23H16N4O2S2. The maximum absolute atomic E-state index is 12.3. The van der Waals surface area contributed by atoms with E-state index in [0.717, 1.165) is 22.3 Å². The molecule has 5 aromatic rings. The Morgan fingerprint density at radius 1 is 0.871 bits per heavy atom. The number of aromatic amines is 1. The van der Waals surface area contributed by atoms with Crippen molar-refractivity contribution in [3.63, 3.8) is 0 Å². The molecule has 0 atom stereocenters. The first-order valence-electron chi connectivity index (χ1n) is 9.44. The lowest BCUT2D eigenvalue weighted by Gasteiger charge is -2.04. The number of H-pyrrole nitrogens is 1. The third kappa shape index (κ3) is 4.11. The molecule has 2 aromatic carbocycles. The number of imidazole rings is 1. The van der Waals surface area contributed by atoms with Crippen molar-refractivity contribution in [2.45, 2.75) is 0 Å². The van der Waals surface area contributed by atoms with E-state index in [1.807, 2.05) is 64.7 Å². The van der Waals surface area contributed by atoms with Crippen LogP contribution < -0.4 is 10.6 Å². The van der Waals surface area contributed by atoms with Crippen LogP contribution in [0.15, 0.2) is 76.8 Å². The number of amides is 2. The van der Waals surface area contributed by atoms with Crippen molar-refractivity contribution >= 4 is 56.9 Å². The largest absolute Gasteiger partial charge is 0.338 e. The van der Waals surface area contributed by atoms with Crippen molar-refractivity contribution in [3.05, 3.63) is 87.2 Å². The van der Waals surface area contributed by atoms with Crippen LogP contribution in [-0.2, 0) is 0 Å². The van der Waals surface area contributed by atoms with Crippen LogP contribution in [0.5, 0.6) is 0 Å². The quantitative estimate of drug-likeness (QED) is 0.317. The molecule has 3 N–H and O–H groups in total. The van der Waals surface area contributed by atoms with Gasteiger partial charge in [0.05, 0.1) is 21.5 Å². The number of carbonyl (C=O) groups is 2. The van der Waals surface area contributed by atoms with Crippen LogP contribution in [0, 0.1) is 0 Å². The number of rotatable bonds is 5. The van der Waals surface area contributed by atoms with Crippen molar-refractivity contribution in [2.75, 3.05) is 10.6 Å². The monoisotopic (exact) mass is 444 g/mol. The van der Waals surface area contributed by atoms with Gasteiger partial charge in [-0.25, -0.2) is 4.98 Å². The minimum absolute atomic E-state index is 0.130. The molecule has 3 heterocycles. The van der Waals surface area contributed by atoms with E-state index in [2.05, 4.69) is 20.6 Å². The Bertz CT molecular complexity index is 1350. The molecule has 6 nitrogen and oxygen atoms in total. The van der Waals surface area contributed by atoms with E-state index in [0.29, 0.717) is 22.0 Å². The minimum atomic E-state index is -0.130. The lowest BCUT2D eigenvalue weighted by Crippen LogP contribution is -2.10. The fraction of sp³-hybridized carbons (Fsp3) is 0. The highest BCUT2D eigenvalue weighted by atomic mass is 32.1. The molecule has 8 heteroatoms. The number of hydrogen-bond acceptors (Lipinski definition) is 5. The highest BCUT2D eigenvalue weighted by molar-refractivity contribution is 7.12. The van der Waals surface area contributed by atoms with Gasteiger partial charge in [-0.3, -0.25) is 9.59 Å². The summed E-state index contributed by atoms with van der Waals surface area (Å²) in [6.07, 6.45) is 0. The lowest BCUT2D eigenvalue weighted by atomic mass is 10.2. The number of aromatic nitrogens is 2. The van der Waals surface area contributed by atoms with Crippen LogP contribution in [0.3, 0.4) is 0 Å². The summed E-state index contributed by atoms with van der Waals surface area (Å²) in [6, 6.07) is 18.5. The molecule has 0 radical (unpaired) electrons. The number of nitrogens with zero attached hydrogens (tertiary/aromatic N) is 1. The topological polar surface area (TPSA) is 86.9 Å². The highest BCUT2D eigenvalue weighted by Crippen LogP contribution is 2.25. The second-order valence-electron chi connectivity index (χ2n) is 6.79. The van der Waals surface area contributed by atoms with Gasteiger partial charge in [-0.05, 0) is 65.4 Å². The van der Waals surface area contributed by atoms with Crippen molar-refractivity contribution in [3.8, 4) is 11.4 Å². The molecule has 0 saturated carbocycles. The summed E-state index contributed by atoms with van der Waals surface area (Å²) in [5.74, 6) is 0.455. The molecule has 2 amide bonds. The fourth-order valence-corrected chi connectivity index (χ4v) is 4.39. The zero-order chi connectivity index (χ0) is 21.2. The predicted octanol–water partition coefficient (Wildman–Crippen LogP) is 5.86. The molecule has 152 valence electrons. The van der Waals surface area contributed by atoms with Gasteiger partial charge in [0.1, 0.15) is 5.82 Å². The number of hydrogen-bond donors (Lipinski definition) is 3. The summed E-state index contributed by atoms with van der Waals surface area (Å²) in [5.41, 5.74) is 4.59. The zero-order valence-electron chi connectivity index (χ0n) is 16.1. The van der Waals surface area contributed by atoms with Gasteiger partial charge in [-0.15, -0.1) is 11.3 Å². The van der Waals surface area contributed by atoms with E-state index in [4.69, 9.17) is 0 Å². The number of anilines is 2. The van der Waals surface area contributed by atoms with E-state index in [-0.39, 0.29) is 11.8 Å². The summed E-state index contributed by atoms with van der Waals surface area (Å²) >= 11 is 2.89. The Balaban J connectivity index is 1.33. The van der Waals surface area contributed by atoms with E-state index >= 15 is 0 Å². The van der Waals surface area contributed by atoms with Gasteiger partial charge in [0.25, 0.3) is 11.8 Å². The van der Waals surface area contributed by atoms with Crippen LogP contribution in [-0.4, -0.2) is 21.8 Å². The third-order valence-corrected chi connectivity index (χ3v) is 6.24. The molecule has 31 heavy (non-hydrogen) atoms. The Kier molecular flexibility index (Phi) is 5.07. The molecule has 0 saturated heterocycles. The van der Waals surface area contributed by atoms with E-state index < -0.39 is 0 Å². The van der Waals surface area contributed by atoms with Gasteiger partial charge >= 0.3 is 0 Å². The first kappa shape index (κ1) is 19.2. The molecule has 0 unspecified atom stereocenters. The Hall–Kier alpha value is -3.75. The molecule has 0 aliphatic carbocycles. The maximum atomic E-state index is 12.3. The number of fused-ring (bicyclic) bond motifs is 1. The lowest BCUT2D eigenvalue weighted by molar-refractivity contribution is 0.102. The van der Waals surface area contributed by atoms with Crippen LogP contribution in [0.25, 0.3) is 22.4 Å². The van der Waals surface area contributed by atoms with Gasteiger partial charge in [0, 0.05) is 22.3 Å². The van der Waals surface area contributed by atoms with Crippen LogP contribution in [0.2, 0.25) is 0 Å². The van der Waals surface area contributed by atoms with Gasteiger partial charge in [-0.2, -0.15) is 11.3 Å². The highest BCUT2D eigenvalue weighted by Gasteiger charge is 2.11. The second-order valence-corrected chi connectivity index (χ2v) is 8.52. The summed E-state index contributed by atoms with van der Waals surface area (Å²) in [5, 5.41) is 11.4. The SMILES string of the molecule is O=C(Nc1ccc(-c2nc3ccc(NC(=O)c4cccs4)cc3[nH]2)cc1)c1ccsc1. The molecular weight excluding hydrogens is 428 g/mol. The molecule has 0 bridgehead atoms. The summed E-state index contributed by atoms with van der Waals surface area (Å²) in [6.45, 7) is 0. The molecule has 3 aromatic heterocycles. The average Bonchev–Trinajstić information content (AvgIpc) is 3.55. The van der Waals surface area contributed by atoms with Crippen molar-refractivity contribution < 1.29 is 9.59 Å². The smallest absolute Gasteiger partial charge is 0.265 e. The summed E-state index contributed by atoms with van der Waals surface area (Å²) < 4.78 is 0. The first-order valence-corrected chi connectivity index (χ1v) is 11.3.